The molecule has 4 rings (SSSR count). The van der Waals surface area contributed by atoms with Crippen molar-refractivity contribution in [2.45, 2.75) is 25.3 Å². The van der Waals surface area contributed by atoms with Gasteiger partial charge in [-0.2, -0.15) is 5.10 Å². The zero-order valence-electron chi connectivity index (χ0n) is 15.9. The van der Waals surface area contributed by atoms with Gasteiger partial charge in [-0.15, -0.1) is 12.4 Å². The summed E-state index contributed by atoms with van der Waals surface area (Å²) in [7, 11) is 1.64. The van der Waals surface area contributed by atoms with Crippen molar-refractivity contribution in [3.05, 3.63) is 76.5 Å². The number of benzene rings is 2. The molecule has 6 nitrogen and oxygen atoms in total. The smallest absolute Gasteiger partial charge is 0.350 e. The van der Waals surface area contributed by atoms with Gasteiger partial charge in [0.1, 0.15) is 11.6 Å². The molecule has 7 heteroatoms. The van der Waals surface area contributed by atoms with E-state index in [1.54, 1.807) is 16.4 Å². The minimum Gasteiger partial charge on any atom is -0.496 e. The first-order chi connectivity index (χ1) is 13.3. The summed E-state index contributed by atoms with van der Waals surface area (Å²) in [4.78, 5) is 13.2. The lowest BCUT2D eigenvalue weighted by atomic mass is 9.99. The lowest BCUT2D eigenvalue weighted by Gasteiger charge is -2.22. The third-order valence-corrected chi connectivity index (χ3v) is 5.05. The number of aromatic nitrogens is 3. The Morgan fingerprint density at radius 2 is 1.89 bits per heavy atom. The van der Waals surface area contributed by atoms with Gasteiger partial charge in [0.25, 0.3) is 0 Å². The minimum atomic E-state index is -0.118. The normalized spacial score (nSPS) is 16.4. The van der Waals surface area contributed by atoms with E-state index in [2.05, 4.69) is 5.32 Å². The first-order valence-electron chi connectivity index (χ1n) is 9.35. The van der Waals surface area contributed by atoms with Crippen molar-refractivity contribution in [3.63, 3.8) is 0 Å². The lowest BCUT2D eigenvalue weighted by molar-refractivity contribution is 0.406. The van der Waals surface area contributed by atoms with Gasteiger partial charge in [0.15, 0.2) is 0 Å². The fourth-order valence-electron chi connectivity index (χ4n) is 3.68. The fraction of sp³-hybridized carbons (Fsp3) is 0.333. The third kappa shape index (κ3) is 3.98. The predicted molar refractivity (Wildman–Crippen MR) is 112 cm³/mol. The molecule has 2 aromatic carbocycles. The van der Waals surface area contributed by atoms with E-state index in [0.29, 0.717) is 6.54 Å². The first-order valence-corrected chi connectivity index (χ1v) is 9.35. The Kier molecular flexibility index (Phi) is 6.54. The summed E-state index contributed by atoms with van der Waals surface area (Å²) in [5.74, 6) is 1.82. The van der Waals surface area contributed by atoms with Crippen LogP contribution in [0, 0.1) is 0 Å². The van der Waals surface area contributed by atoms with Crippen molar-refractivity contribution in [1.29, 1.82) is 0 Å². The number of methoxy groups -OCH3 is 1. The number of rotatable bonds is 5. The Hall–Kier alpha value is -2.57. The van der Waals surface area contributed by atoms with Crippen LogP contribution in [0.1, 0.15) is 30.1 Å². The number of piperidine rings is 1. The molecule has 1 aliphatic rings. The van der Waals surface area contributed by atoms with Crippen molar-refractivity contribution in [2.24, 2.45) is 0 Å². The maximum Gasteiger partial charge on any atom is 0.350 e. The van der Waals surface area contributed by atoms with Gasteiger partial charge in [-0.25, -0.2) is 14.0 Å². The van der Waals surface area contributed by atoms with E-state index in [4.69, 9.17) is 9.84 Å². The standard InChI is InChI=1S/C21H24N4O2.ClH/c1-27-19-12-6-5-8-17(19)15-24-21(26)25(18-10-3-2-4-11-18)20(23-24)16-9-7-13-22-14-16;/h2-6,8,10-12,16,22H,7,9,13-15H2,1H3;1H. The van der Waals surface area contributed by atoms with Crippen LogP contribution in [-0.2, 0) is 6.54 Å². The van der Waals surface area contributed by atoms with Crippen molar-refractivity contribution in [3.8, 4) is 11.4 Å². The summed E-state index contributed by atoms with van der Waals surface area (Å²) >= 11 is 0. The van der Waals surface area contributed by atoms with Gasteiger partial charge in [0.2, 0.25) is 0 Å². The Labute approximate surface area is 170 Å². The van der Waals surface area contributed by atoms with Crippen LogP contribution in [0.15, 0.2) is 59.4 Å². The molecule has 0 amide bonds. The molecule has 1 fully saturated rings. The summed E-state index contributed by atoms with van der Waals surface area (Å²) in [6, 6.07) is 17.5. The number of hydrogen-bond donors (Lipinski definition) is 1. The number of ether oxygens (including phenoxy) is 1. The summed E-state index contributed by atoms with van der Waals surface area (Å²) in [5, 5.41) is 8.18. The highest BCUT2D eigenvalue weighted by molar-refractivity contribution is 5.85. The molecule has 0 spiro atoms. The molecule has 1 saturated heterocycles. The average Bonchev–Trinajstić information content (AvgIpc) is 3.06. The first kappa shape index (κ1) is 20.2. The van der Waals surface area contributed by atoms with Gasteiger partial charge in [0.05, 0.1) is 19.3 Å². The topological polar surface area (TPSA) is 61.1 Å². The largest absolute Gasteiger partial charge is 0.496 e. The molecule has 1 atom stereocenters. The van der Waals surface area contributed by atoms with Gasteiger partial charge >= 0.3 is 5.69 Å². The highest BCUT2D eigenvalue weighted by Gasteiger charge is 2.25. The molecule has 3 aromatic rings. The molecule has 0 saturated carbocycles. The third-order valence-electron chi connectivity index (χ3n) is 5.05. The lowest BCUT2D eigenvalue weighted by Crippen LogP contribution is -2.31. The van der Waals surface area contributed by atoms with E-state index in [1.165, 1.54) is 0 Å². The molecule has 2 heterocycles. The van der Waals surface area contributed by atoms with E-state index in [0.717, 1.165) is 48.8 Å². The molecule has 148 valence electrons. The highest BCUT2D eigenvalue weighted by Crippen LogP contribution is 2.24. The second-order valence-electron chi connectivity index (χ2n) is 6.82. The van der Waals surface area contributed by atoms with Crippen LogP contribution in [0.3, 0.4) is 0 Å². The van der Waals surface area contributed by atoms with Crippen LogP contribution in [-0.4, -0.2) is 34.5 Å². The summed E-state index contributed by atoms with van der Waals surface area (Å²) in [6.45, 7) is 2.25. The molecular weight excluding hydrogens is 376 g/mol. The zero-order valence-corrected chi connectivity index (χ0v) is 16.7. The van der Waals surface area contributed by atoms with E-state index in [-0.39, 0.29) is 24.0 Å². The number of nitrogens with one attached hydrogen (secondary N) is 1. The average molecular weight is 401 g/mol. The van der Waals surface area contributed by atoms with E-state index in [1.807, 2.05) is 54.6 Å². The maximum atomic E-state index is 13.2. The van der Waals surface area contributed by atoms with E-state index >= 15 is 0 Å². The van der Waals surface area contributed by atoms with Crippen LogP contribution < -0.4 is 15.7 Å². The Balaban J connectivity index is 0.00000225. The highest BCUT2D eigenvalue weighted by atomic mass is 35.5. The number of halogens is 1. The minimum absolute atomic E-state index is 0. The van der Waals surface area contributed by atoms with Gasteiger partial charge in [-0.1, -0.05) is 36.4 Å². The Morgan fingerprint density at radius 3 is 2.61 bits per heavy atom. The zero-order chi connectivity index (χ0) is 18.6. The fourth-order valence-corrected chi connectivity index (χ4v) is 3.68. The molecule has 0 aliphatic carbocycles. The summed E-state index contributed by atoms with van der Waals surface area (Å²) in [5.41, 5.74) is 1.68. The quantitative estimate of drug-likeness (QED) is 0.715. The number of para-hydroxylation sites is 2. The van der Waals surface area contributed by atoms with Crippen LogP contribution >= 0.6 is 12.4 Å². The predicted octanol–water partition coefficient (Wildman–Crippen LogP) is 2.98. The summed E-state index contributed by atoms with van der Waals surface area (Å²) < 4.78 is 8.74. The number of hydrogen-bond acceptors (Lipinski definition) is 4. The second kappa shape index (κ2) is 9.08. The van der Waals surface area contributed by atoms with Crippen molar-refractivity contribution in [2.75, 3.05) is 20.2 Å². The van der Waals surface area contributed by atoms with Gasteiger partial charge in [-0.05, 0) is 37.6 Å². The van der Waals surface area contributed by atoms with Crippen LogP contribution in [0.4, 0.5) is 0 Å². The molecule has 1 aliphatic heterocycles. The monoisotopic (exact) mass is 400 g/mol. The van der Waals surface area contributed by atoms with E-state index in [9.17, 15) is 4.79 Å². The van der Waals surface area contributed by atoms with Gasteiger partial charge in [0, 0.05) is 18.0 Å². The number of nitrogens with zero attached hydrogens (tertiary/aromatic N) is 3. The van der Waals surface area contributed by atoms with Crippen molar-refractivity contribution in [1.82, 2.24) is 19.7 Å². The molecule has 1 aromatic heterocycles. The molecule has 1 N–H and O–H groups in total. The van der Waals surface area contributed by atoms with Crippen LogP contribution in [0.2, 0.25) is 0 Å². The van der Waals surface area contributed by atoms with Crippen molar-refractivity contribution >= 4 is 12.4 Å². The second-order valence-corrected chi connectivity index (χ2v) is 6.82. The SMILES string of the molecule is COc1ccccc1Cn1nc(C2CCCNC2)n(-c2ccccc2)c1=O.Cl. The van der Waals surface area contributed by atoms with E-state index < -0.39 is 0 Å². The van der Waals surface area contributed by atoms with Crippen molar-refractivity contribution < 1.29 is 4.74 Å². The molecule has 28 heavy (non-hydrogen) atoms. The van der Waals surface area contributed by atoms with Crippen LogP contribution in [0.25, 0.3) is 5.69 Å². The molecular formula is C21H25ClN4O2. The van der Waals surface area contributed by atoms with Gasteiger partial charge in [-0.3, -0.25) is 0 Å². The molecule has 0 bridgehead atoms. The Morgan fingerprint density at radius 1 is 1.14 bits per heavy atom. The molecule has 1 unspecified atom stereocenters. The molecule has 0 radical (unpaired) electrons. The van der Waals surface area contributed by atoms with Gasteiger partial charge < -0.3 is 10.1 Å². The van der Waals surface area contributed by atoms with Crippen LogP contribution in [0.5, 0.6) is 5.75 Å². The maximum absolute atomic E-state index is 13.2. The summed E-state index contributed by atoms with van der Waals surface area (Å²) in [6.07, 6.45) is 2.12. The Bertz CT molecular complexity index is 962.